The van der Waals surface area contributed by atoms with Crippen molar-refractivity contribution in [2.45, 2.75) is 32.9 Å². The Morgan fingerprint density at radius 3 is 2.88 bits per heavy atom. The first kappa shape index (κ1) is 16.0. The van der Waals surface area contributed by atoms with Gasteiger partial charge in [0.25, 0.3) is 0 Å². The lowest BCUT2D eigenvalue weighted by Gasteiger charge is -2.06. The average Bonchev–Trinajstić information content (AvgIpc) is 2.90. The summed E-state index contributed by atoms with van der Waals surface area (Å²) in [7, 11) is 0. The second kappa shape index (κ2) is 7.12. The second-order valence-electron chi connectivity index (χ2n) is 5.68. The van der Waals surface area contributed by atoms with Crippen molar-refractivity contribution in [2.75, 3.05) is 0 Å². The molecule has 3 rings (SSSR count). The van der Waals surface area contributed by atoms with Crippen LogP contribution in [0.3, 0.4) is 0 Å². The fourth-order valence-corrected chi connectivity index (χ4v) is 2.52. The first-order valence-electron chi connectivity index (χ1n) is 7.90. The number of aromatic nitrogens is 2. The minimum atomic E-state index is -0.387. The number of aryl methyl sites for hydroxylation is 2. The van der Waals surface area contributed by atoms with Gasteiger partial charge in [-0.2, -0.15) is 0 Å². The van der Waals surface area contributed by atoms with Gasteiger partial charge in [-0.25, -0.2) is 4.79 Å². The van der Waals surface area contributed by atoms with Crippen LogP contribution in [0.1, 0.15) is 24.1 Å². The normalized spacial score (nSPS) is 10.9. The number of rotatable bonds is 6. The van der Waals surface area contributed by atoms with E-state index in [9.17, 15) is 9.59 Å². The molecule has 6 nitrogen and oxygen atoms in total. The van der Waals surface area contributed by atoms with Crippen molar-refractivity contribution in [3.05, 3.63) is 64.4 Å². The number of para-hydroxylation sites is 2. The highest BCUT2D eigenvalue weighted by Crippen LogP contribution is 2.12. The van der Waals surface area contributed by atoms with Crippen LogP contribution in [-0.4, -0.2) is 15.5 Å². The molecule has 0 aliphatic rings. The van der Waals surface area contributed by atoms with Crippen LogP contribution >= 0.6 is 0 Å². The lowest BCUT2D eigenvalue weighted by molar-refractivity contribution is -0.121. The van der Waals surface area contributed by atoms with Gasteiger partial charge in [-0.05, 0) is 37.1 Å². The minimum Gasteiger partial charge on any atom is -0.408 e. The van der Waals surface area contributed by atoms with Gasteiger partial charge in [-0.3, -0.25) is 14.3 Å². The maximum Gasteiger partial charge on any atom is 0.419 e. The molecule has 0 saturated heterocycles. The molecule has 24 heavy (non-hydrogen) atoms. The van der Waals surface area contributed by atoms with Gasteiger partial charge in [0, 0.05) is 31.4 Å². The molecule has 6 heteroatoms. The van der Waals surface area contributed by atoms with Crippen LogP contribution in [0.15, 0.2) is 51.8 Å². The SMILES string of the molecule is Cc1ccc(CNC(=O)CCCn2c(=O)oc3ccccc32)cn1. The van der Waals surface area contributed by atoms with Crippen molar-refractivity contribution in [1.82, 2.24) is 14.9 Å². The number of pyridine rings is 1. The van der Waals surface area contributed by atoms with Crippen LogP contribution in [0.5, 0.6) is 0 Å². The maximum absolute atomic E-state index is 11.9. The van der Waals surface area contributed by atoms with Crippen LogP contribution in [0.2, 0.25) is 0 Å². The maximum atomic E-state index is 11.9. The van der Waals surface area contributed by atoms with E-state index in [1.807, 2.05) is 37.3 Å². The Morgan fingerprint density at radius 2 is 2.08 bits per heavy atom. The van der Waals surface area contributed by atoms with Gasteiger partial charge in [-0.15, -0.1) is 0 Å². The van der Waals surface area contributed by atoms with Crippen molar-refractivity contribution in [3.63, 3.8) is 0 Å². The molecule has 2 heterocycles. The number of fused-ring (bicyclic) bond motifs is 1. The van der Waals surface area contributed by atoms with E-state index in [1.165, 1.54) is 0 Å². The van der Waals surface area contributed by atoms with Crippen molar-refractivity contribution >= 4 is 17.0 Å². The number of hydrogen-bond acceptors (Lipinski definition) is 4. The first-order chi connectivity index (χ1) is 11.6. The number of oxazole rings is 1. The molecule has 3 aromatic rings. The number of carbonyl (C=O) groups is 1. The summed E-state index contributed by atoms with van der Waals surface area (Å²) in [6.07, 6.45) is 2.68. The van der Waals surface area contributed by atoms with E-state index in [0.29, 0.717) is 31.5 Å². The highest BCUT2D eigenvalue weighted by atomic mass is 16.4. The van der Waals surface area contributed by atoms with E-state index in [0.717, 1.165) is 16.8 Å². The highest BCUT2D eigenvalue weighted by Gasteiger charge is 2.09. The monoisotopic (exact) mass is 325 g/mol. The Bertz CT molecular complexity index is 894. The van der Waals surface area contributed by atoms with Crippen LogP contribution in [0.4, 0.5) is 0 Å². The van der Waals surface area contributed by atoms with Crippen LogP contribution < -0.4 is 11.1 Å². The number of hydrogen-bond donors (Lipinski definition) is 1. The molecule has 0 aliphatic heterocycles. The third-order valence-corrected chi connectivity index (χ3v) is 3.82. The Kier molecular flexibility index (Phi) is 4.74. The molecule has 0 aliphatic carbocycles. The Hall–Kier alpha value is -2.89. The number of nitrogens with one attached hydrogen (secondary N) is 1. The molecule has 1 amide bonds. The third-order valence-electron chi connectivity index (χ3n) is 3.82. The van der Waals surface area contributed by atoms with Gasteiger partial charge in [-0.1, -0.05) is 18.2 Å². The Morgan fingerprint density at radius 1 is 1.25 bits per heavy atom. The largest absolute Gasteiger partial charge is 0.419 e. The zero-order valence-electron chi connectivity index (χ0n) is 13.5. The van der Waals surface area contributed by atoms with E-state index in [1.54, 1.807) is 16.8 Å². The quantitative estimate of drug-likeness (QED) is 0.755. The van der Waals surface area contributed by atoms with Gasteiger partial charge >= 0.3 is 5.76 Å². The molecule has 124 valence electrons. The molecule has 0 radical (unpaired) electrons. The Labute approximate surface area is 139 Å². The molecule has 0 atom stereocenters. The number of amides is 1. The molecule has 2 aromatic heterocycles. The van der Waals surface area contributed by atoms with Crippen molar-refractivity contribution in [3.8, 4) is 0 Å². The molecule has 0 spiro atoms. The number of benzene rings is 1. The molecule has 1 N–H and O–H groups in total. The van der Waals surface area contributed by atoms with Crippen LogP contribution in [0.25, 0.3) is 11.1 Å². The minimum absolute atomic E-state index is 0.0450. The Balaban J connectivity index is 1.50. The summed E-state index contributed by atoms with van der Waals surface area (Å²) in [6.45, 7) is 2.83. The summed E-state index contributed by atoms with van der Waals surface area (Å²) >= 11 is 0. The van der Waals surface area contributed by atoms with E-state index in [-0.39, 0.29) is 11.7 Å². The van der Waals surface area contributed by atoms with Gasteiger partial charge in [0.1, 0.15) is 0 Å². The van der Waals surface area contributed by atoms with Gasteiger partial charge in [0.15, 0.2) is 5.58 Å². The summed E-state index contributed by atoms with van der Waals surface area (Å²) in [6, 6.07) is 11.1. The van der Waals surface area contributed by atoms with Crippen molar-refractivity contribution < 1.29 is 9.21 Å². The van der Waals surface area contributed by atoms with Gasteiger partial charge in [0.2, 0.25) is 5.91 Å². The molecular weight excluding hydrogens is 306 g/mol. The predicted molar refractivity (Wildman–Crippen MR) is 90.5 cm³/mol. The summed E-state index contributed by atoms with van der Waals surface area (Å²) in [4.78, 5) is 28.0. The van der Waals surface area contributed by atoms with E-state index >= 15 is 0 Å². The molecule has 1 aromatic carbocycles. The fourth-order valence-electron chi connectivity index (χ4n) is 2.52. The highest BCUT2D eigenvalue weighted by molar-refractivity contribution is 5.76. The zero-order chi connectivity index (χ0) is 16.9. The van der Waals surface area contributed by atoms with Crippen molar-refractivity contribution in [1.29, 1.82) is 0 Å². The lowest BCUT2D eigenvalue weighted by Crippen LogP contribution is -2.23. The summed E-state index contributed by atoms with van der Waals surface area (Å²) in [5, 5.41) is 2.86. The molecule has 0 fully saturated rings. The smallest absolute Gasteiger partial charge is 0.408 e. The standard InChI is InChI=1S/C18H19N3O3/c1-13-8-9-14(11-19-13)12-20-17(22)7-4-10-21-15-5-2-3-6-16(15)24-18(21)23/h2-3,5-6,8-9,11H,4,7,10,12H2,1H3,(H,20,22). The number of nitrogens with zero attached hydrogens (tertiary/aromatic N) is 2. The predicted octanol–water partition coefficient (Wildman–Crippen LogP) is 2.39. The van der Waals surface area contributed by atoms with E-state index in [4.69, 9.17) is 4.42 Å². The zero-order valence-corrected chi connectivity index (χ0v) is 13.5. The first-order valence-corrected chi connectivity index (χ1v) is 7.90. The van der Waals surface area contributed by atoms with Gasteiger partial charge < -0.3 is 9.73 Å². The molecule has 0 unspecified atom stereocenters. The molecule has 0 saturated carbocycles. The van der Waals surface area contributed by atoms with Crippen LogP contribution in [0, 0.1) is 6.92 Å². The third kappa shape index (κ3) is 3.71. The lowest BCUT2D eigenvalue weighted by atomic mass is 10.2. The van der Waals surface area contributed by atoms with E-state index < -0.39 is 0 Å². The fraction of sp³-hybridized carbons (Fsp3) is 0.278. The topological polar surface area (TPSA) is 77.1 Å². The van der Waals surface area contributed by atoms with E-state index in [2.05, 4.69) is 10.3 Å². The van der Waals surface area contributed by atoms with Crippen LogP contribution in [-0.2, 0) is 17.9 Å². The second-order valence-corrected chi connectivity index (χ2v) is 5.68. The molecule has 0 bridgehead atoms. The molecular formula is C18H19N3O3. The van der Waals surface area contributed by atoms with Crippen molar-refractivity contribution in [2.24, 2.45) is 0 Å². The summed E-state index contributed by atoms with van der Waals surface area (Å²) in [5.74, 6) is -0.432. The summed E-state index contributed by atoms with van der Waals surface area (Å²) in [5.41, 5.74) is 3.24. The number of carbonyl (C=O) groups excluding carboxylic acids is 1. The summed E-state index contributed by atoms with van der Waals surface area (Å²) < 4.78 is 6.73. The average molecular weight is 325 g/mol. The van der Waals surface area contributed by atoms with Gasteiger partial charge in [0.05, 0.1) is 5.52 Å².